The molecule has 9 nitrogen and oxygen atoms in total. The van der Waals surface area contributed by atoms with Crippen molar-refractivity contribution in [2.24, 2.45) is 5.92 Å². The summed E-state index contributed by atoms with van der Waals surface area (Å²) in [5, 5.41) is 0. The molecule has 2 atom stereocenters. The van der Waals surface area contributed by atoms with Gasteiger partial charge in [-0.15, -0.1) is 0 Å². The Morgan fingerprint density at radius 2 is 1.13 bits per heavy atom. The van der Waals surface area contributed by atoms with Gasteiger partial charge in [-0.2, -0.15) is 4.90 Å². The van der Waals surface area contributed by atoms with E-state index in [-0.39, 0.29) is 18.9 Å². The number of carbonyl (C=O) groups excluding carboxylic acids is 4. The molecule has 2 amide bonds. The zero-order valence-corrected chi connectivity index (χ0v) is 20.8. The topological polar surface area (TPSA) is 108 Å². The second kappa shape index (κ2) is 10.8. The van der Waals surface area contributed by atoms with Gasteiger partial charge in [-0.05, 0) is 74.7 Å². The molecule has 180 valence electrons. The lowest BCUT2D eigenvalue weighted by atomic mass is 10.0. The van der Waals surface area contributed by atoms with E-state index in [2.05, 4.69) is 0 Å². The Hall–Kier alpha value is -2.32. The van der Waals surface area contributed by atoms with Gasteiger partial charge in [-0.3, -0.25) is 4.79 Å². The lowest BCUT2D eigenvalue weighted by Crippen LogP contribution is -2.53. The van der Waals surface area contributed by atoms with Gasteiger partial charge >= 0.3 is 24.1 Å². The van der Waals surface area contributed by atoms with Crippen LogP contribution in [0.1, 0.15) is 82.6 Å². The number of imide groups is 1. The smallest absolute Gasteiger partial charge is 0.420 e. The fraction of sp³-hybridized carbons (Fsp3) is 0.818. The highest BCUT2D eigenvalue weighted by Gasteiger charge is 2.42. The van der Waals surface area contributed by atoms with Crippen molar-refractivity contribution in [1.29, 1.82) is 0 Å². The van der Waals surface area contributed by atoms with Crippen molar-refractivity contribution in [2.75, 3.05) is 6.61 Å². The van der Waals surface area contributed by atoms with Gasteiger partial charge in [0.25, 0.3) is 0 Å². The molecule has 0 aliphatic rings. The fourth-order valence-electron chi connectivity index (χ4n) is 2.34. The molecule has 0 fully saturated rings. The van der Waals surface area contributed by atoms with Crippen molar-refractivity contribution in [1.82, 2.24) is 4.90 Å². The molecule has 9 heteroatoms. The summed E-state index contributed by atoms with van der Waals surface area (Å²) in [4.78, 5) is 50.7. The van der Waals surface area contributed by atoms with Gasteiger partial charge in [0, 0.05) is 6.92 Å². The third kappa shape index (κ3) is 12.9. The summed E-state index contributed by atoms with van der Waals surface area (Å²) in [7, 11) is 0. The molecular formula is C22H39NO8. The van der Waals surface area contributed by atoms with Crippen LogP contribution in [-0.4, -0.2) is 58.5 Å². The first-order chi connectivity index (χ1) is 13.7. The molecule has 0 aromatic rings. The van der Waals surface area contributed by atoms with E-state index in [1.165, 1.54) is 6.92 Å². The Morgan fingerprint density at radius 3 is 1.45 bits per heavy atom. The number of carbonyl (C=O) groups is 4. The molecule has 0 aliphatic carbocycles. The van der Waals surface area contributed by atoms with Crippen LogP contribution in [0, 0.1) is 5.92 Å². The molecule has 0 unspecified atom stereocenters. The molecular weight excluding hydrogens is 406 g/mol. The van der Waals surface area contributed by atoms with E-state index < -0.39 is 47.0 Å². The molecule has 0 rings (SSSR count). The number of rotatable bonds is 6. The normalized spacial score (nSPS) is 14.2. The van der Waals surface area contributed by atoms with Crippen molar-refractivity contribution in [2.45, 2.75) is 105 Å². The Kier molecular flexibility index (Phi) is 10.0. The molecule has 0 aromatic heterocycles. The highest BCUT2D eigenvalue weighted by molar-refractivity contribution is 5.94. The standard InChI is InChI=1S/C22H39NO8/c1-14(13-28-15(2)24)12-16(17(25)29-20(3,4)5)23(18(26)30-21(6,7)8)19(27)31-22(9,10)11/h14,16H,12-13H2,1-11H3/t14-,16-/m0/s1. The number of ether oxygens (including phenoxy) is 4. The van der Waals surface area contributed by atoms with E-state index in [9.17, 15) is 19.2 Å². The summed E-state index contributed by atoms with van der Waals surface area (Å²) in [6.07, 6.45) is -2.07. The van der Waals surface area contributed by atoms with Crippen LogP contribution in [-0.2, 0) is 28.5 Å². The average molecular weight is 446 g/mol. The molecule has 31 heavy (non-hydrogen) atoms. The summed E-state index contributed by atoms with van der Waals surface area (Å²) >= 11 is 0. The summed E-state index contributed by atoms with van der Waals surface area (Å²) < 4.78 is 21.2. The van der Waals surface area contributed by atoms with E-state index in [0.717, 1.165) is 0 Å². The van der Waals surface area contributed by atoms with Gasteiger partial charge < -0.3 is 18.9 Å². The first-order valence-corrected chi connectivity index (χ1v) is 10.3. The van der Waals surface area contributed by atoms with Crippen LogP contribution in [0.5, 0.6) is 0 Å². The van der Waals surface area contributed by atoms with Crippen molar-refractivity contribution < 1.29 is 38.1 Å². The van der Waals surface area contributed by atoms with Gasteiger partial charge in [0.1, 0.15) is 22.8 Å². The van der Waals surface area contributed by atoms with Gasteiger partial charge in [-0.25, -0.2) is 14.4 Å². The van der Waals surface area contributed by atoms with Crippen LogP contribution in [0.3, 0.4) is 0 Å². The molecule has 0 N–H and O–H groups in total. The third-order valence-corrected chi connectivity index (χ3v) is 3.37. The lowest BCUT2D eigenvalue weighted by Gasteiger charge is -2.34. The Bertz CT molecular complexity index is 624. The monoisotopic (exact) mass is 445 g/mol. The van der Waals surface area contributed by atoms with Gasteiger partial charge in [0.15, 0.2) is 0 Å². The number of hydrogen-bond acceptors (Lipinski definition) is 8. The van der Waals surface area contributed by atoms with Crippen molar-refractivity contribution in [3.8, 4) is 0 Å². The largest absolute Gasteiger partial charge is 0.466 e. The molecule has 0 saturated heterocycles. The lowest BCUT2D eigenvalue weighted by molar-refractivity contribution is -0.162. The minimum atomic E-state index is -1.34. The predicted octanol–water partition coefficient (Wildman–Crippen LogP) is 4.46. The van der Waals surface area contributed by atoms with Crippen LogP contribution in [0.25, 0.3) is 0 Å². The van der Waals surface area contributed by atoms with Crippen LogP contribution in [0.4, 0.5) is 9.59 Å². The number of esters is 2. The maximum atomic E-state index is 13.0. The maximum Gasteiger partial charge on any atom is 0.420 e. The first-order valence-electron chi connectivity index (χ1n) is 10.3. The van der Waals surface area contributed by atoms with Gasteiger partial charge in [-0.1, -0.05) is 6.92 Å². The van der Waals surface area contributed by atoms with Crippen molar-refractivity contribution >= 4 is 24.1 Å². The van der Waals surface area contributed by atoms with E-state index >= 15 is 0 Å². The van der Waals surface area contributed by atoms with Crippen molar-refractivity contribution in [3.05, 3.63) is 0 Å². The van der Waals surface area contributed by atoms with Crippen LogP contribution in [0.15, 0.2) is 0 Å². The molecule has 0 radical (unpaired) electrons. The number of amides is 2. The number of nitrogens with zero attached hydrogens (tertiary/aromatic N) is 1. The average Bonchev–Trinajstić information content (AvgIpc) is 2.46. The van der Waals surface area contributed by atoms with Crippen LogP contribution >= 0.6 is 0 Å². The molecule has 0 bridgehead atoms. The summed E-state index contributed by atoms with van der Waals surface area (Å²) in [6.45, 7) is 17.9. The summed E-state index contributed by atoms with van der Waals surface area (Å²) in [6, 6.07) is -1.34. The Morgan fingerprint density at radius 1 is 0.742 bits per heavy atom. The maximum absolute atomic E-state index is 13.0. The molecule has 0 aliphatic heterocycles. The Labute approximate surface area is 185 Å². The van der Waals surface area contributed by atoms with Gasteiger partial charge in [0.2, 0.25) is 0 Å². The zero-order chi connectivity index (χ0) is 24.8. The van der Waals surface area contributed by atoms with E-state index in [4.69, 9.17) is 18.9 Å². The third-order valence-electron chi connectivity index (χ3n) is 3.37. The quantitative estimate of drug-likeness (QED) is 0.435. The highest BCUT2D eigenvalue weighted by atomic mass is 16.6. The minimum absolute atomic E-state index is 0.00507. The summed E-state index contributed by atoms with van der Waals surface area (Å²) in [5.41, 5.74) is -2.69. The second-order valence-corrected chi connectivity index (χ2v) is 10.5. The molecule has 0 aromatic carbocycles. The Balaban J connectivity index is 6.12. The van der Waals surface area contributed by atoms with Gasteiger partial charge in [0.05, 0.1) is 6.61 Å². The van der Waals surface area contributed by atoms with E-state index in [0.29, 0.717) is 4.90 Å². The predicted molar refractivity (Wildman–Crippen MR) is 114 cm³/mol. The van der Waals surface area contributed by atoms with Crippen LogP contribution < -0.4 is 0 Å². The highest BCUT2D eigenvalue weighted by Crippen LogP contribution is 2.23. The number of hydrogen-bond donors (Lipinski definition) is 0. The van der Waals surface area contributed by atoms with Crippen LogP contribution in [0.2, 0.25) is 0 Å². The van der Waals surface area contributed by atoms with E-state index in [1.54, 1.807) is 69.2 Å². The van der Waals surface area contributed by atoms with E-state index in [1.807, 2.05) is 0 Å². The minimum Gasteiger partial charge on any atom is -0.466 e. The zero-order valence-electron chi connectivity index (χ0n) is 20.8. The fourth-order valence-corrected chi connectivity index (χ4v) is 2.34. The molecule has 0 saturated carbocycles. The summed E-state index contributed by atoms with van der Waals surface area (Å²) in [5.74, 6) is -1.63. The molecule has 0 heterocycles. The van der Waals surface area contributed by atoms with Crippen molar-refractivity contribution in [3.63, 3.8) is 0 Å². The first kappa shape index (κ1) is 28.7. The molecule has 0 spiro atoms. The second-order valence-electron chi connectivity index (χ2n) is 10.5. The SMILES string of the molecule is CC(=O)OC[C@@H](C)C[C@@H](C(=O)OC(C)(C)C)N(C(=O)OC(C)(C)C)C(=O)OC(C)(C)C.